The molecule has 1 heterocycles. The first-order valence-corrected chi connectivity index (χ1v) is 14.5. The highest BCUT2D eigenvalue weighted by Gasteiger charge is 2.32. The molecule has 1 atom stereocenters. The number of hydrogen-bond acceptors (Lipinski definition) is 6. The number of amides is 2. The molecule has 1 aliphatic heterocycles. The lowest BCUT2D eigenvalue weighted by Crippen LogP contribution is -2.52. The van der Waals surface area contributed by atoms with Gasteiger partial charge in [0.1, 0.15) is 25.8 Å². The van der Waals surface area contributed by atoms with Crippen LogP contribution < -0.4 is 19.1 Å². The highest BCUT2D eigenvalue weighted by atomic mass is 32.2. The van der Waals surface area contributed by atoms with Crippen molar-refractivity contribution in [1.82, 2.24) is 10.2 Å². The van der Waals surface area contributed by atoms with Crippen molar-refractivity contribution in [2.45, 2.75) is 52.6 Å². The highest BCUT2D eigenvalue weighted by molar-refractivity contribution is 7.92. The minimum atomic E-state index is -3.83. The van der Waals surface area contributed by atoms with E-state index in [4.69, 9.17) is 9.47 Å². The van der Waals surface area contributed by atoms with Crippen LogP contribution in [-0.4, -0.2) is 63.7 Å². The normalized spacial score (nSPS) is 13.5. The zero-order valence-corrected chi connectivity index (χ0v) is 22.8. The molecule has 1 aliphatic rings. The molecule has 0 spiro atoms. The standard InChI is InChI=1S/C27H37N3O6S/c1-5-7-14-28-27(32)23(6-2)29(18-21-10-8-20(3)9-11-21)26(31)19-30(37(4,33)34)22-12-13-24-25(17-22)36-16-15-35-24/h8-13,17,23H,5-7,14-16,18-19H2,1-4H3,(H,28,32). The van der Waals surface area contributed by atoms with Crippen LogP contribution in [0.1, 0.15) is 44.2 Å². The predicted molar refractivity (Wildman–Crippen MR) is 143 cm³/mol. The number of nitrogens with zero attached hydrogens (tertiary/aromatic N) is 2. The summed E-state index contributed by atoms with van der Waals surface area (Å²) in [5, 5.41) is 2.92. The van der Waals surface area contributed by atoms with Crippen LogP contribution in [0.4, 0.5) is 5.69 Å². The van der Waals surface area contributed by atoms with Crippen LogP contribution in [0.25, 0.3) is 0 Å². The Morgan fingerprint density at radius 1 is 1.03 bits per heavy atom. The van der Waals surface area contributed by atoms with Gasteiger partial charge < -0.3 is 19.7 Å². The van der Waals surface area contributed by atoms with E-state index in [9.17, 15) is 18.0 Å². The van der Waals surface area contributed by atoms with Gasteiger partial charge >= 0.3 is 0 Å². The Labute approximate surface area is 219 Å². The Morgan fingerprint density at radius 3 is 2.32 bits per heavy atom. The zero-order valence-electron chi connectivity index (χ0n) is 22.0. The Morgan fingerprint density at radius 2 is 1.70 bits per heavy atom. The minimum absolute atomic E-state index is 0.178. The molecule has 2 amide bonds. The molecule has 2 aromatic carbocycles. The third-order valence-electron chi connectivity index (χ3n) is 6.18. The number of ether oxygens (including phenoxy) is 2. The Kier molecular flexibility index (Phi) is 9.79. The molecule has 0 saturated heterocycles. The van der Waals surface area contributed by atoms with E-state index >= 15 is 0 Å². The van der Waals surface area contributed by atoms with Gasteiger partial charge in [0, 0.05) is 19.2 Å². The predicted octanol–water partition coefficient (Wildman–Crippen LogP) is 3.26. The molecule has 1 N–H and O–H groups in total. The number of nitrogens with one attached hydrogen (secondary N) is 1. The van der Waals surface area contributed by atoms with Crippen molar-refractivity contribution in [1.29, 1.82) is 0 Å². The number of carbonyl (C=O) groups is 2. The number of unbranched alkanes of at least 4 members (excludes halogenated alkanes) is 1. The van der Waals surface area contributed by atoms with Crippen molar-refractivity contribution in [3.8, 4) is 11.5 Å². The molecule has 2 aromatic rings. The average Bonchev–Trinajstić information content (AvgIpc) is 2.87. The number of benzene rings is 2. The average molecular weight is 532 g/mol. The van der Waals surface area contributed by atoms with Crippen LogP contribution in [0.15, 0.2) is 42.5 Å². The summed E-state index contributed by atoms with van der Waals surface area (Å²) >= 11 is 0. The summed E-state index contributed by atoms with van der Waals surface area (Å²) < 4.78 is 37.8. The SMILES string of the molecule is CCCCNC(=O)C(CC)N(Cc1ccc(C)cc1)C(=O)CN(c1ccc2c(c1)OCCO2)S(C)(=O)=O. The molecule has 1 unspecified atom stereocenters. The molecule has 10 heteroatoms. The molecule has 0 aliphatic carbocycles. The topological polar surface area (TPSA) is 105 Å². The van der Waals surface area contributed by atoms with E-state index in [0.29, 0.717) is 37.7 Å². The summed E-state index contributed by atoms with van der Waals surface area (Å²) in [4.78, 5) is 28.3. The largest absolute Gasteiger partial charge is 0.486 e. The van der Waals surface area contributed by atoms with Crippen LogP contribution in [0.2, 0.25) is 0 Å². The first-order chi connectivity index (χ1) is 17.6. The quantitative estimate of drug-likeness (QED) is 0.422. The first-order valence-electron chi connectivity index (χ1n) is 12.6. The van der Waals surface area contributed by atoms with Gasteiger partial charge in [-0.1, -0.05) is 50.1 Å². The second-order valence-corrected chi connectivity index (χ2v) is 11.1. The smallest absolute Gasteiger partial charge is 0.244 e. The van der Waals surface area contributed by atoms with Gasteiger partial charge in [0.15, 0.2) is 11.5 Å². The summed E-state index contributed by atoms with van der Waals surface area (Å²) in [7, 11) is -3.83. The van der Waals surface area contributed by atoms with E-state index in [1.54, 1.807) is 18.2 Å². The molecule has 0 radical (unpaired) electrons. The van der Waals surface area contributed by atoms with Gasteiger partial charge in [-0.25, -0.2) is 8.42 Å². The van der Waals surface area contributed by atoms with Crippen LogP contribution in [0, 0.1) is 6.92 Å². The number of anilines is 1. The number of sulfonamides is 1. The lowest BCUT2D eigenvalue weighted by atomic mass is 10.1. The fourth-order valence-electron chi connectivity index (χ4n) is 4.12. The molecular formula is C27H37N3O6S. The third kappa shape index (κ3) is 7.61. The van der Waals surface area contributed by atoms with Gasteiger partial charge in [0.25, 0.3) is 0 Å². The molecule has 9 nitrogen and oxygen atoms in total. The maximum atomic E-state index is 13.8. The number of hydrogen-bond donors (Lipinski definition) is 1. The molecule has 0 fully saturated rings. The molecule has 0 saturated carbocycles. The molecule has 3 rings (SSSR count). The van der Waals surface area contributed by atoms with Gasteiger partial charge in [-0.15, -0.1) is 0 Å². The summed E-state index contributed by atoms with van der Waals surface area (Å²) in [5.74, 6) is 0.216. The van der Waals surface area contributed by atoms with E-state index < -0.39 is 28.5 Å². The Bertz CT molecular complexity index is 1180. The van der Waals surface area contributed by atoms with E-state index in [1.165, 1.54) is 4.90 Å². The third-order valence-corrected chi connectivity index (χ3v) is 7.32. The lowest BCUT2D eigenvalue weighted by molar-refractivity contribution is -0.140. The lowest BCUT2D eigenvalue weighted by Gasteiger charge is -2.33. The van der Waals surface area contributed by atoms with Crippen molar-refractivity contribution >= 4 is 27.5 Å². The fourth-order valence-corrected chi connectivity index (χ4v) is 4.96. The number of aryl methyl sites for hydroxylation is 1. The molecular weight excluding hydrogens is 494 g/mol. The molecule has 202 valence electrons. The second-order valence-electron chi connectivity index (χ2n) is 9.17. The Balaban J connectivity index is 1.92. The molecule has 0 bridgehead atoms. The van der Waals surface area contributed by atoms with E-state index in [1.807, 2.05) is 45.0 Å². The van der Waals surface area contributed by atoms with Gasteiger partial charge in [-0.2, -0.15) is 0 Å². The van der Waals surface area contributed by atoms with E-state index in [0.717, 1.165) is 34.5 Å². The number of carbonyl (C=O) groups excluding carboxylic acids is 2. The first kappa shape index (κ1) is 28.3. The maximum Gasteiger partial charge on any atom is 0.244 e. The second kappa shape index (κ2) is 12.8. The minimum Gasteiger partial charge on any atom is -0.486 e. The summed E-state index contributed by atoms with van der Waals surface area (Å²) in [6.07, 6.45) is 3.20. The van der Waals surface area contributed by atoms with Crippen molar-refractivity contribution in [3.63, 3.8) is 0 Å². The van der Waals surface area contributed by atoms with Crippen molar-refractivity contribution < 1.29 is 27.5 Å². The van der Waals surface area contributed by atoms with Crippen molar-refractivity contribution in [3.05, 3.63) is 53.6 Å². The number of fused-ring (bicyclic) bond motifs is 1. The van der Waals surface area contributed by atoms with Gasteiger partial charge in [0.2, 0.25) is 21.8 Å². The van der Waals surface area contributed by atoms with Crippen LogP contribution in [0.5, 0.6) is 11.5 Å². The Hall–Kier alpha value is -3.27. The van der Waals surface area contributed by atoms with Gasteiger partial charge in [-0.05, 0) is 37.5 Å². The zero-order chi connectivity index (χ0) is 27.0. The fraction of sp³-hybridized carbons (Fsp3) is 0.481. The van der Waals surface area contributed by atoms with Crippen LogP contribution in [-0.2, 0) is 26.2 Å². The maximum absolute atomic E-state index is 13.8. The summed E-state index contributed by atoms with van der Waals surface area (Å²) in [5.41, 5.74) is 2.22. The summed E-state index contributed by atoms with van der Waals surface area (Å²) in [6.45, 7) is 6.85. The van der Waals surface area contributed by atoms with Crippen LogP contribution >= 0.6 is 0 Å². The van der Waals surface area contributed by atoms with Crippen LogP contribution in [0.3, 0.4) is 0 Å². The van der Waals surface area contributed by atoms with Gasteiger partial charge in [-0.3, -0.25) is 13.9 Å². The van der Waals surface area contributed by atoms with Crippen molar-refractivity contribution in [2.75, 3.05) is 36.9 Å². The van der Waals surface area contributed by atoms with E-state index in [-0.39, 0.29) is 18.1 Å². The highest BCUT2D eigenvalue weighted by Crippen LogP contribution is 2.34. The summed E-state index contributed by atoms with van der Waals surface area (Å²) in [6, 6.07) is 11.7. The van der Waals surface area contributed by atoms with Crippen molar-refractivity contribution in [2.24, 2.45) is 0 Å². The number of rotatable bonds is 12. The van der Waals surface area contributed by atoms with E-state index in [2.05, 4.69) is 5.32 Å². The molecule has 37 heavy (non-hydrogen) atoms. The van der Waals surface area contributed by atoms with Gasteiger partial charge in [0.05, 0.1) is 11.9 Å². The molecule has 0 aromatic heterocycles. The monoisotopic (exact) mass is 531 g/mol.